The van der Waals surface area contributed by atoms with E-state index in [1.54, 1.807) is 19.9 Å². The Labute approximate surface area is 66.0 Å². The third-order valence-corrected chi connectivity index (χ3v) is 0.979. The highest BCUT2D eigenvalue weighted by Crippen LogP contribution is 1.90. The minimum Gasteiger partial charge on any atom is -0.326 e. The molecule has 3 nitrogen and oxygen atoms in total. The van der Waals surface area contributed by atoms with Gasteiger partial charge in [-0.05, 0) is 13.8 Å². The second-order valence-electron chi connectivity index (χ2n) is 2.19. The SMILES string of the molecule is C=C(C)C(=O)NC(C)=CC#N. The van der Waals surface area contributed by atoms with Crippen molar-refractivity contribution in [2.24, 2.45) is 0 Å². The van der Waals surface area contributed by atoms with Gasteiger partial charge >= 0.3 is 0 Å². The summed E-state index contributed by atoms with van der Waals surface area (Å²) in [6.45, 7) is 6.70. The fourth-order valence-corrected chi connectivity index (χ4v) is 0.419. The predicted molar refractivity (Wildman–Crippen MR) is 42.3 cm³/mol. The van der Waals surface area contributed by atoms with Gasteiger partial charge in [0.15, 0.2) is 0 Å². The fraction of sp³-hybridized carbons (Fsp3) is 0.250. The smallest absolute Gasteiger partial charge is 0.250 e. The van der Waals surface area contributed by atoms with Crippen LogP contribution in [-0.4, -0.2) is 5.91 Å². The Kier molecular flexibility index (Phi) is 3.68. The zero-order chi connectivity index (χ0) is 8.85. The van der Waals surface area contributed by atoms with Gasteiger partial charge in [0.2, 0.25) is 5.91 Å². The maximum Gasteiger partial charge on any atom is 0.250 e. The molecule has 3 heteroatoms. The van der Waals surface area contributed by atoms with Gasteiger partial charge in [-0.3, -0.25) is 4.79 Å². The summed E-state index contributed by atoms with van der Waals surface area (Å²) >= 11 is 0. The predicted octanol–water partition coefficient (Wildman–Crippen LogP) is 1.11. The first-order chi connectivity index (χ1) is 5.07. The van der Waals surface area contributed by atoms with E-state index >= 15 is 0 Å². The lowest BCUT2D eigenvalue weighted by atomic mass is 10.3. The summed E-state index contributed by atoms with van der Waals surface area (Å²) in [5.74, 6) is -0.256. The molecule has 0 atom stereocenters. The van der Waals surface area contributed by atoms with Crippen LogP contribution in [0.3, 0.4) is 0 Å². The van der Waals surface area contributed by atoms with Gasteiger partial charge < -0.3 is 5.32 Å². The second kappa shape index (κ2) is 4.29. The Morgan fingerprint density at radius 1 is 1.64 bits per heavy atom. The molecular formula is C8H10N2O. The number of hydrogen-bond acceptors (Lipinski definition) is 2. The Balaban J connectivity index is 4.09. The van der Waals surface area contributed by atoms with Crippen molar-refractivity contribution in [3.8, 4) is 6.07 Å². The van der Waals surface area contributed by atoms with Gasteiger partial charge in [-0.25, -0.2) is 0 Å². The average molecular weight is 150 g/mol. The van der Waals surface area contributed by atoms with E-state index in [9.17, 15) is 4.79 Å². The van der Waals surface area contributed by atoms with Crippen LogP contribution in [0.5, 0.6) is 0 Å². The fourth-order valence-electron chi connectivity index (χ4n) is 0.419. The van der Waals surface area contributed by atoms with Crippen molar-refractivity contribution >= 4 is 5.91 Å². The molecule has 0 aliphatic carbocycles. The van der Waals surface area contributed by atoms with E-state index in [1.165, 1.54) is 6.08 Å². The van der Waals surface area contributed by atoms with E-state index < -0.39 is 0 Å². The third-order valence-electron chi connectivity index (χ3n) is 0.979. The molecule has 0 heterocycles. The number of nitrogens with zero attached hydrogens (tertiary/aromatic N) is 1. The molecule has 0 saturated heterocycles. The number of nitriles is 1. The lowest BCUT2D eigenvalue weighted by molar-refractivity contribution is -0.116. The van der Waals surface area contributed by atoms with Crippen molar-refractivity contribution in [3.05, 3.63) is 23.9 Å². The highest BCUT2D eigenvalue weighted by molar-refractivity contribution is 5.93. The largest absolute Gasteiger partial charge is 0.326 e. The average Bonchev–Trinajstić information content (AvgIpc) is 1.87. The molecule has 0 rings (SSSR count). The molecule has 0 unspecified atom stereocenters. The lowest BCUT2D eigenvalue weighted by Gasteiger charge is -2.01. The number of amides is 1. The van der Waals surface area contributed by atoms with Crippen LogP contribution in [0, 0.1) is 11.3 Å². The number of rotatable bonds is 2. The Bertz CT molecular complexity index is 245. The van der Waals surface area contributed by atoms with Crippen molar-refractivity contribution < 1.29 is 4.79 Å². The Hall–Kier alpha value is -1.56. The lowest BCUT2D eigenvalue weighted by Crippen LogP contribution is -2.21. The van der Waals surface area contributed by atoms with E-state index in [-0.39, 0.29) is 5.91 Å². The number of hydrogen-bond donors (Lipinski definition) is 1. The first kappa shape index (κ1) is 9.44. The van der Waals surface area contributed by atoms with Crippen molar-refractivity contribution in [3.63, 3.8) is 0 Å². The van der Waals surface area contributed by atoms with Gasteiger partial charge in [-0.15, -0.1) is 0 Å². The molecule has 0 aromatic carbocycles. The van der Waals surface area contributed by atoms with Crippen molar-refractivity contribution in [2.75, 3.05) is 0 Å². The zero-order valence-electron chi connectivity index (χ0n) is 6.64. The van der Waals surface area contributed by atoms with Crippen LogP contribution >= 0.6 is 0 Å². The molecule has 0 fully saturated rings. The number of carbonyl (C=O) groups is 1. The van der Waals surface area contributed by atoms with E-state index in [2.05, 4.69) is 11.9 Å². The molecule has 11 heavy (non-hydrogen) atoms. The summed E-state index contributed by atoms with van der Waals surface area (Å²) in [7, 11) is 0. The molecule has 0 bridgehead atoms. The number of allylic oxidation sites excluding steroid dienone is 2. The summed E-state index contributed by atoms with van der Waals surface area (Å²) in [6.07, 6.45) is 1.26. The summed E-state index contributed by atoms with van der Waals surface area (Å²) in [4.78, 5) is 10.9. The summed E-state index contributed by atoms with van der Waals surface area (Å²) in [5.41, 5.74) is 0.955. The summed E-state index contributed by atoms with van der Waals surface area (Å²) < 4.78 is 0. The standard InChI is InChI=1S/C8H10N2O/c1-6(2)8(11)10-7(3)4-5-9/h4H,1H2,2-3H3,(H,10,11). The minimum atomic E-state index is -0.256. The van der Waals surface area contributed by atoms with E-state index in [0.29, 0.717) is 11.3 Å². The normalized spacial score (nSPS) is 10.1. The molecule has 0 aromatic heterocycles. The monoisotopic (exact) mass is 150 g/mol. The molecular weight excluding hydrogens is 140 g/mol. The maximum atomic E-state index is 10.9. The van der Waals surface area contributed by atoms with Crippen molar-refractivity contribution in [2.45, 2.75) is 13.8 Å². The Morgan fingerprint density at radius 2 is 2.18 bits per heavy atom. The van der Waals surface area contributed by atoms with Gasteiger partial charge in [0.1, 0.15) is 0 Å². The van der Waals surface area contributed by atoms with Gasteiger partial charge in [0.05, 0.1) is 6.07 Å². The van der Waals surface area contributed by atoms with Crippen LogP contribution < -0.4 is 5.32 Å². The second-order valence-corrected chi connectivity index (χ2v) is 2.19. The van der Waals surface area contributed by atoms with Crippen molar-refractivity contribution in [1.82, 2.24) is 5.32 Å². The van der Waals surface area contributed by atoms with Gasteiger partial charge in [0, 0.05) is 17.3 Å². The first-order valence-electron chi connectivity index (χ1n) is 3.11. The van der Waals surface area contributed by atoms with E-state index in [0.717, 1.165) is 0 Å². The van der Waals surface area contributed by atoms with Gasteiger partial charge in [-0.1, -0.05) is 6.58 Å². The molecule has 1 N–H and O–H groups in total. The Morgan fingerprint density at radius 3 is 2.55 bits per heavy atom. The van der Waals surface area contributed by atoms with Crippen LogP contribution in [0.4, 0.5) is 0 Å². The zero-order valence-corrected chi connectivity index (χ0v) is 6.64. The molecule has 0 aliphatic rings. The topological polar surface area (TPSA) is 52.9 Å². The van der Waals surface area contributed by atoms with Crippen molar-refractivity contribution in [1.29, 1.82) is 5.26 Å². The van der Waals surface area contributed by atoms with Crippen LogP contribution in [0.2, 0.25) is 0 Å². The highest BCUT2D eigenvalue weighted by Gasteiger charge is 1.99. The third kappa shape index (κ3) is 3.93. The molecule has 0 aromatic rings. The molecule has 0 spiro atoms. The van der Waals surface area contributed by atoms with Gasteiger partial charge in [0.25, 0.3) is 0 Å². The van der Waals surface area contributed by atoms with Crippen LogP contribution in [-0.2, 0) is 4.79 Å². The van der Waals surface area contributed by atoms with E-state index in [4.69, 9.17) is 5.26 Å². The molecule has 0 saturated carbocycles. The maximum absolute atomic E-state index is 10.9. The summed E-state index contributed by atoms with van der Waals surface area (Å²) in [5, 5.41) is 10.7. The van der Waals surface area contributed by atoms with Crippen LogP contribution in [0.25, 0.3) is 0 Å². The summed E-state index contributed by atoms with van der Waals surface area (Å²) in [6, 6.07) is 1.81. The van der Waals surface area contributed by atoms with Gasteiger partial charge in [-0.2, -0.15) is 5.26 Å². The van der Waals surface area contributed by atoms with E-state index in [1.807, 2.05) is 0 Å². The molecule has 0 aliphatic heterocycles. The first-order valence-corrected chi connectivity index (χ1v) is 3.11. The highest BCUT2D eigenvalue weighted by atomic mass is 16.1. The number of carbonyl (C=O) groups excluding carboxylic acids is 1. The van der Waals surface area contributed by atoms with Crippen LogP contribution in [0.15, 0.2) is 23.9 Å². The quantitative estimate of drug-likeness (QED) is 0.473. The number of nitrogens with one attached hydrogen (secondary N) is 1. The van der Waals surface area contributed by atoms with Crippen LogP contribution in [0.1, 0.15) is 13.8 Å². The molecule has 1 amide bonds. The molecule has 58 valence electrons. The molecule has 0 radical (unpaired) electrons. The minimum absolute atomic E-state index is 0.256.